The van der Waals surface area contributed by atoms with Crippen molar-refractivity contribution in [2.75, 3.05) is 14.2 Å². The van der Waals surface area contributed by atoms with Crippen LogP contribution in [0.5, 0.6) is 5.75 Å². The Morgan fingerprint density at radius 3 is 2.52 bits per heavy atom. The van der Waals surface area contributed by atoms with E-state index in [4.69, 9.17) is 14.0 Å². The van der Waals surface area contributed by atoms with E-state index in [9.17, 15) is 4.79 Å². The van der Waals surface area contributed by atoms with E-state index in [1.807, 2.05) is 32.0 Å². The molecule has 0 aliphatic carbocycles. The van der Waals surface area contributed by atoms with Crippen molar-refractivity contribution in [2.45, 2.75) is 27.7 Å². The maximum Gasteiger partial charge on any atom is 0.220 e. The predicted molar refractivity (Wildman–Crippen MR) is 97.4 cm³/mol. The maximum absolute atomic E-state index is 12.1. The van der Waals surface area contributed by atoms with Gasteiger partial charge in [-0.1, -0.05) is 5.16 Å². The van der Waals surface area contributed by atoms with Crippen molar-refractivity contribution in [2.24, 2.45) is 0 Å². The highest BCUT2D eigenvalue weighted by Crippen LogP contribution is 2.30. The van der Waals surface area contributed by atoms with Crippen LogP contribution in [0.25, 0.3) is 16.8 Å². The molecule has 1 heterocycles. The molecule has 2 rings (SSSR count). The van der Waals surface area contributed by atoms with Crippen molar-refractivity contribution in [3.8, 4) is 17.0 Å². The first-order valence-corrected chi connectivity index (χ1v) is 7.96. The second kappa shape index (κ2) is 7.83. The van der Waals surface area contributed by atoms with Crippen LogP contribution in [0.2, 0.25) is 0 Å². The Morgan fingerprint density at radius 1 is 1.20 bits per heavy atom. The summed E-state index contributed by atoms with van der Waals surface area (Å²) < 4.78 is 15.8. The lowest BCUT2D eigenvalue weighted by atomic mass is 10.0. The van der Waals surface area contributed by atoms with E-state index in [0.717, 1.165) is 22.4 Å². The number of hydrogen-bond donors (Lipinski definition) is 0. The van der Waals surface area contributed by atoms with Crippen LogP contribution in [0.15, 0.2) is 40.6 Å². The number of rotatable bonds is 6. The third-order valence-electron chi connectivity index (χ3n) is 4.11. The fourth-order valence-corrected chi connectivity index (χ4v) is 2.48. The van der Waals surface area contributed by atoms with Crippen molar-refractivity contribution in [3.05, 3.63) is 53.0 Å². The van der Waals surface area contributed by atoms with Gasteiger partial charge in [0.05, 0.1) is 14.2 Å². The first-order valence-electron chi connectivity index (χ1n) is 7.96. The zero-order valence-corrected chi connectivity index (χ0v) is 15.5. The smallest absolute Gasteiger partial charge is 0.220 e. The van der Waals surface area contributed by atoms with Crippen molar-refractivity contribution < 1.29 is 18.8 Å². The molecule has 0 unspecified atom stereocenters. The predicted octanol–water partition coefficient (Wildman–Crippen LogP) is 4.49. The SMILES string of the molecule is C/C=C(/OC)C(=O)/C=C(\C)c1cc(-c2cc(C)c(C)c(OC)c2)no1. The number of carbonyl (C=O) groups excluding carboxylic acids is 1. The van der Waals surface area contributed by atoms with Gasteiger partial charge in [-0.2, -0.15) is 0 Å². The largest absolute Gasteiger partial charge is 0.496 e. The molecule has 1 aromatic heterocycles. The zero-order valence-electron chi connectivity index (χ0n) is 15.5. The molecular weight excluding hydrogens is 318 g/mol. The number of allylic oxidation sites excluding steroid dienone is 3. The lowest BCUT2D eigenvalue weighted by molar-refractivity contribution is -0.114. The summed E-state index contributed by atoms with van der Waals surface area (Å²) in [6.07, 6.45) is 3.10. The zero-order chi connectivity index (χ0) is 18.6. The van der Waals surface area contributed by atoms with Gasteiger partial charge in [0.25, 0.3) is 0 Å². The first kappa shape index (κ1) is 18.5. The van der Waals surface area contributed by atoms with E-state index in [-0.39, 0.29) is 11.5 Å². The Hall–Kier alpha value is -2.82. The average Bonchev–Trinajstić information content (AvgIpc) is 3.08. The summed E-state index contributed by atoms with van der Waals surface area (Å²) in [5, 5.41) is 4.12. The average molecular weight is 341 g/mol. The molecule has 132 valence electrons. The van der Waals surface area contributed by atoms with Gasteiger partial charge in [-0.15, -0.1) is 0 Å². The van der Waals surface area contributed by atoms with E-state index in [0.29, 0.717) is 17.0 Å². The molecule has 0 saturated carbocycles. The van der Waals surface area contributed by atoms with Gasteiger partial charge >= 0.3 is 0 Å². The number of ketones is 1. The van der Waals surface area contributed by atoms with E-state index >= 15 is 0 Å². The van der Waals surface area contributed by atoms with Gasteiger partial charge in [-0.3, -0.25) is 4.79 Å². The van der Waals surface area contributed by atoms with Crippen LogP contribution in [0.3, 0.4) is 0 Å². The molecule has 0 bridgehead atoms. The number of aromatic nitrogens is 1. The van der Waals surface area contributed by atoms with Crippen LogP contribution in [0, 0.1) is 13.8 Å². The van der Waals surface area contributed by atoms with Crippen LogP contribution in [-0.4, -0.2) is 25.2 Å². The van der Waals surface area contributed by atoms with E-state index in [1.54, 1.807) is 27.0 Å². The Morgan fingerprint density at radius 2 is 1.92 bits per heavy atom. The van der Waals surface area contributed by atoms with Gasteiger partial charge in [-0.25, -0.2) is 0 Å². The number of nitrogens with zero attached hydrogens (tertiary/aromatic N) is 1. The second-order valence-electron chi connectivity index (χ2n) is 5.75. The molecule has 0 amide bonds. The molecule has 0 spiro atoms. The monoisotopic (exact) mass is 341 g/mol. The Bertz CT molecular complexity index is 843. The molecule has 5 heteroatoms. The van der Waals surface area contributed by atoms with E-state index in [2.05, 4.69) is 5.16 Å². The Balaban J connectivity index is 2.34. The number of methoxy groups -OCH3 is 2. The van der Waals surface area contributed by atoms with Crippen LogP contribution in [0.4, 0.5) is 0 Å². The number of ether oxygens (including phenoxy) is 2. The van der Waals surface area contributed by atoms with Crippen LogP contribution < -0.4 is 4.74 Å². The fourth-order valence-electron chi connectivity index (χ4n) is 2.48. The van der Waals surface area contributed by atoms with Gasteiger partial charge in [0.1, 0.15) is 11.4 Å². The summed E-state index contributed by atoms with van der Waals surface area (Å²) in [7, 11) is 3.11. The number of hydrogen-bond acceptors (Lipinski definition) is 5. The molecule has 0 fully saturated rings. The van der Waals surface area contributed by atoms with E-state index in [1.165, 1.54) is 13.2 Å². The van der Waals surface area contributed by atoms with Gasteiger partial charge < -0.3 is 14.0 Å². The molecule has 25 heavy (non-hydrogen) atoms. The maximum atomic E-state index is 12.1. The van der Waals surface area contributed by atoms with Gasteiger partial charge in [0, 0.05) is 11.6 Å². The van der Waals surface area contributed by atoms with Crippen LogP contribution in [0.1, 0.15) is 30.7 Å². The molecule has 2 aromatic rings. The quantitative estimate of drug-likeness (QED) is 0.572. The minimum atomic E-state index is -0.215. The minimum absolute atomic E-state index is 0.215. The van der Waals surface area contributed by atoms with Crippen molar-refractivity contribution in [1.29, 1.82) is 0 Å². The van der Waals surface area contributed by atoms with Gasteiger partial charge in [0.15, 0.2) is 11.5 Å². The summed E-state index contributed by atoms with van der Waals surface area (Å²) in [4.78, 5) is 12.1. The topological polar surface area (TPSA) is 61.6 Å². The van der Waals surface area contributed by atoms with Crippen LogP contribution >= 0.6 is 0 Å². The molecule has 0 saturated heterocycles. The van der Waals surface area contributed by atoms with Crippen LogP contribution in [-0.2, 0) is 9.53 Å². The summed E-state index contributed by atoms with van der Waals surface area (Å²) in [6, 6.07) is 5.77. The molecule has 5 nitrogen and oxygen atoms in total. The number of benzene rings is 1. The molecular formula is C20H23NO4. The lowest BCUT2D eigenvalue weighted by Gasteiger charge is -2.09. The Labute approximate surface area is 147 Å². The van der Waals surface area contributed by atoms with Gasteiger partial charge in [-0.05, 0) is 68.7 Å². The third kappa shape index (κ3) is 3.99. The van der Waals surface area contributed by atoms with Gasteiger partial charge in [0.2, 0.25) is 5.78 Å². The fraction of sp³-hybridized carbons (Fsp3) is 0.300. The number of carbonyl (C=O) groups is 1. The summed E-state index contributed by atoms with van der Waals surface area (Å²) >= 11 is 0. The Kier molecular flexibility index (Phi) is 5.80. The molecule has 0 atom stereocenters. The van der Waals surface area contributed by atoms with Crippen molar-refractivity contribution in [1.82, 2.24) is 5.16 Å². The molecule has 1 aromatic carbocycles. The normalized spacial score (nSPS) is 12.2. The highest BCUT2D eigenvalue weighted by Gasteiger charge is 2.13. The summed E-state index contributed by atoms with van der Waals surface area (Å²) in [5.41, 5.74) is 4.47. The van der Waals surface area contributed by atoms with Crippen molar-refractivity contribution >= 4 is 11.4 Å². The van der Waals surface area contributed by atoms with Crippen molar-refractivity contribution in [3.63, 3.8) is 0 Å². The van der Waals surface area contributed by atoms with E-state index < -0.39 is 0 Å². The molecule has 0 aliphatic rings. The minimum Gasteiger partial charge on any atom is -0.496 e. The first-order chi connectivity index (χ1) is 11.9. The molecule has 0 N–H and O–H groups in total. The molecule has 0 aliphatic heterocycles. The summed E-state index contributed by atoms with van der Waals surface area (Å²) in [5.74, 6) is 1.41. The highest BCUT2D eigenvalue weighted by atomic mass is 16.5. The summed E-state index contributed by atoms with van der Waals surface area (Å²) in [6.45, 7) is 7.58. The number of aryl methyl sites for hydroxylation is 1. The standard InChI is InChI=1S/C20H23NO4/c1-7-18(23-5)17(22)9-13(3)19-11-16(21-25-19)15-8-12(2)14(4)20(10-15)24-6/h7-11H,1-6H3/b13-9+,18-7+. The highest BCUT2D eigenvalue weighted by molar-refractivity contribution is 6.06. The molecule has 0 radical (unpaired) electrons. The lowest BCUT2D eigenvalue weighted by Crippen LogP contribution is -2.01. The third-order valence-corrected chi connectivity index (χ3v) is 4.11. The second-order valence-corrected chi connectivity index (χ2v) is 5.75.